The van der Waals surface area contributed by atoms with Crippen LogP contribution in [0.5, 0.6) is 0 Å². The minimum absolute atomic E-state index is 0.203. The van der Waals surface area contributed by atoms with Crippen molar-refractivity contribution in [1.82, 2.24) is 19.1 Å². The van der Waals surface area contributed by atoms with E-state index in [4.69, 9.17) is 0 Å². The molecule has 0 fully saturated rings. The molecule has 0 bridgehead atoms. The molecule has 2 aromatic heterocycles. The van der Waals surface area contributed by atoms with Gasteiger partial charge in [-0.3, -0.25) is 4.68 Å². The molecule has 0 atom stereocenters. The van der Waals surface area contributed by atoms with Crippen molar-refractivity contribution in [2.45, 2.75) is 45.3 Å². The summed E-state index contributed by atoms with van der Waals surface area (Å²) in [7, 11) is -3.65. The first-order valence-corrected chi connectivity index (χ1v) is 12.0. The fourth-order valence-corrected chi connectivity index (χ4v) is 6.02. The summed E-state index contributed by atoms with van der Waals surface area (Å²) in [6.45, 7) is 7.94. The highest BCUT2D eigenvalue weighted by molar-refractivity contribution is 7.89. The number of hydrogen-bond acceptors (Lipinski definition) is 5. The quantitative estimate of drug-likeness (QED) is 0.499. The summed E-state index contributed by atoms with van der Waals surface area (Å²) >= 11 is 1.31. The summed E-state index contributed by atoms with van der Waals surface area (Å²) < 4.78 is 67.2. The Labute approximate surface area is 183 Å². The molecule has 6 nitrogen and oxygen atoms in total. The molecule has 0 aliphatic heterocycles. The van der Waals surface area contributed by atoms with Gasteiger partial charge in [0.1, 0.15) is 9.90 Å². The van der Waals surface area contributed by atoms with E-state index in [0.717, 1.165) is 12.1 Å². The van der Waals surface area contributed by atoms with Gasteiger partial charge in [-0.05, 0) is 26.0 Å². The van der Waals surface area contributed by atoms with Gasteiger partial charge in [0, 0.05) is 24.0 Å². The van der Waals surface area contributed by atoms with Gasteiger partial charge in [-0.15, -0.1) is 11.3 Å². The number of halogens is 3. The van der Waals surface area contributed by atoms with E-state index in [9.17, 15) is 21.6 Å². The van der Waals surface area contributed by atoms with Crippen LogP contribution in [0.4, 0.5) is 13.2 Å². The van der Waals surface area contributed by atoms with Gasteiger partial charge in [-0.1, -0.05) is 26.0 Å². The van der Waals surface area contributed by atoms with Gasteiger partial charge in [-0.2, -0.15) is 22.6 Å². The van der Waals surface area contributed by atoms with Gasteiger partial charge in [-0.25, -0.2) is 13.4 Å². The molecular weight excluding hydrogens is 449 g/mol. The molecule has 0 aliphatic carbocycles. The Morgan fingerprint density at radius 3 is 2.26 bits per heavy atom. The number of hydrogen-bond donors (Lipinski definition) is 0. The standard InChI is InChI=1S/C20H23F3N4O2S2/c1-5-26(6-2)31(28,29)18-13(3)25-27(14(18)4)11-17-12-30-19(24-17)15-7-9-16(10-8-15)20(21,22)23/h7-10,12H,5-6,11H2,1-4H3. The molecule has 3 aromatic rings. The molecule has 0 amide bonds. The van der Waals surface area contributed by atoms with E-state index >= 15 is 0 Å². The predicted octanol–water partition coefficient (Wildman–Crippen LogP) is 4.72. The number of nitrogens with zero attached hydrogens (tertiary/aromatic N) is 4. The summed E-state index contributed by atoms with van der Waals surface area (Å²) in [5.41, 5.74) is 1.47. The maximum Gasteiger partial charge on any atom is 0.416 e. The van der Waals surface area contributed by atoms with E-state index in [-0.39, 0.29) is 11.4 Å². The number of rotatable bonds is 7. The van der Waals surface area contributed by atoms with E-state index in [1.54, 1.807) is 37.8 Å². The second-order valence-corrected chi connectivity index (χ2v) is 9.70. The Balaban J connectivity index is 1.86. The van der Waals surface area contributed by atoms with Crippen molar-refractivity contribution in [3.63, 3.8) is 0 Å². The van der Waals surface area contributed by atoms with Crippen molar-refractivity contribution in [2.75, 3.05) is 13.1 Å². The Morgan fingerprint density at radius 2 is 1.71 bits per heavy atom. The molecule has 0 N–H and O–H groups in total. The summed E-state index contributed by atoms with van der Waals surface area (Å²) in [6.07, 6.45) is -4.38. The first-order valence-electron chi connectivity index (χ1n) is 9.65. The fourth-order valence-electron chi connectivity index (χ4n) is 3.37. The molecule has 3 rings (SSSR count). The topological polar surface area (TPSA) is 68.1 Å². The van der Waals surface area contributed by atoms with E-state index in [2.05, 4.69) is 10.1 Å². The van der Waals surface area contributed by atoms with Crippen LogP contribution in [0.2, 0.25) is 0 Å². The van der Waals surface area contributed by atoms with Crippen LogP contribution >= 0.6 is 11.3 Å². The summed E-state index contributed by atoms with van der Waals surface area (Å²) in [5, 5.41) is 6.77. The maximum atomic E-state index is 13.0. The van der Waals surface area contributed by atoms with Crippen LogP contribution < -0.4 is 0 Å². The van der Waals surface area contributed by atoms with Gasteiger partial charge in [0.2, 0.25) is 10.0 Å². The van der Waals surface area contributed by atoms with Crippen molar-refractivity contribution in [2.24, 2.45) is 0 Å². The normalized spacial score (nSPS) is 12.6. The van der Waals surface area contributed by atoms with E-state index in [0.29, 0.717) is 40.7 Å². The van der Waals surface area contributed by atoms with Crippen LogP contribution in [0.25, 0.3) is 10.6 Å². The lowest BCUT2D eigenvalue weighted by Crippen LogP contribution is -2.31. The lowest BCUT2D eigenvalue weighted by Gasteiger charge is -2.18. The van der Waals surface area contributed by atoms with Crippen LogP contribution in [0.15, 0.2) is 34.5 Å². The largest absolute Gasteiger partial charge is 0.416 e. The van der Waals surface area contributed by atoms with Crippen molar-refractivity contribution in [3.05, 3.63) is 52.3 Å². The minimum atomic E-state index is -4.38. The Morgan fingerprint density at radius 1 is 1.10 bits per heavy atom. The second-order valence-electron chi connectivity index (χ2n) is 6.97. The molecule has 2 heterocycles. The highest BCUT2D eigenvalue weighted by Crippen LogP contribution is 2.32. The first-order chi connectivity index (χ1) is 14.5. The number of alkyl halides is 3. The summed E-state index contributed by atoms with van der Waals surface area (Å²) in [5.74, 6) is 0. The molecule has 31 heavy (non-hydrogen) atoms. The molecule has 0 radical (unpaired) electrons. The minimum Gasteiger partial charge on any atom is -0.262 e. The monoisotopic (exact) mass is 472 g/mol. The predicted molar refractivity (Wildman–Crippen MR) is 113 cm³/mol. The molecular formula is C20H23F3N4O2S2. The first kappa shape index (κ1) is 23.4. The number of benzene rings is 1. The Hall–Kier alpha value is -2.24. The van der Waals surface area contributed by atoms with Crippen LogP contribution in [0, 0.1) is 13.8 Å². The average Bonchev–Trinajstić information content (AvgIpc) is 3.26. The number of aryl methyl sites for hydroxylation is 1. The summed E-state index contributed by atoms with van der Waals surface area (Å²) in [4.78, 5) is 4.70. The highest BCUT2D eigenvalue weighted by atomic mass is 32.2. The van der Waals surface area contributed by atoms with Crippen molar-refractivity contribution >= 4 is 21.4 Å². The number of sulfonamides is 1. The molecule has 0 saturated heterocycles. The van der Waals surface area contributed by atoms with Crippen LogP contribution in [-0.4, -0.2) is 40.6 Å². The van der Waals surface area contributed by atoms with E-state index in [1.807, 2.05) is 0 Å². The molecule has 11 heteroatoms. The lowest BCUT2D eigenvalue weighted by atomic mass is 10.1. The van der Waals surface area contributed by atoms with Gasteiger partial charge in [0.15, 0.2) is 0 Å². The van der Waals surface area contributed by atoms with Crippen molar-refractivity contribution in [3.8, 4) is 10.6 Å². The fraction of sp³-hybridized carbons (Fsp3) is 0.400. The zero-order valence-corrected chi connectivity index (χ0v) is 19.2. The molecule has 0 saturated carbocycles. The molecule has 0 spiro atoms. The zero-order valence-electron chi connectivity index (χ0n) is 17.6. The molecule has 0 aliphatic rings. The Kier molecular flexibility index (Phi) is 6.59. The van der Waals surface area contributed by atoms with Crippen molar-refractivity contribution in [1.29, 1.82) is 0 Å². The van der Waals surface area contributed by atoms with Gasteiger partial charge >= 0.3 is 6.18 Å². The lowest BCUT2D eigenvalue weighted by molar-refractivity contribution is -0.137. The van der Waals surface area contributed by atoms with Crippen LogP contribution in [-0.2, 0) is 22.7 Å². The van der Waals surface area contributed by atoms with E-state index in [1.165, 1.54) is 27.8 Å². The van der Waals surface area contributed by atoms with E-state index < -0.39 is 21.8 Å². The maximum absolute atomic E-state index is 13.0. The third-order valence-electron chi connectivity index (χ3n) is 4.94. The second kappa shape index (κ2) is 8.71. The molecule has 1 aromatic carbocycles. The number of thiazole rings is 1. The van der Waals surface area contributed by atoms with Crippen LogP contribution in [0.3, 0.4) is 0 Å². The average molecular weight is 473 g/mol. The van der Waals surface area contributed by atoms with Gasteiger partial charge in [0.05, 0.1) is 29.2 Å². The van der Waals surface area contributed by atoms with Gasteiger partial charge in [0.25, 0.3) is 0 Å². The highest BCUT2D eigenvalue weighted by Gasteiger charge is 2.30. The SMILES string of the molecule is CCN(CC)S(=O)(=O)c1c(C)nn(Cc2csc(-c3ccc(C(F)(F)F)cc3)n2)c1C. The molecule has 168 valence electrons. The van der Waals surface area contributed by atoms with Crippen molar-refractivity contribution < 1.29 is 21.6 Å². The van der Waals surface area contributed by atoms with Crippen LogP contribution in [0.1, 0.15) is 36.5 Å². The van der Waals surface area contributed by atoms with Gasteiger partial charge < -0.3 is 0 Å². The third-order valence-corrected chi connectivity index (χ3v) is 8.18. The third kappa shape index (κ3) is 4.68. The Bertz CT molecular complexity index is 1160. The summed E-state index contributed by atoms with van der Waals surface area (Å²) in [6, 6.07) is 4.84. The smallest absolute Gasteiger partial charge is 0.262 e. The zero-order chi connectivity index (χ0) is 23.0. The number of aromatic nitrogens is 3. The molecule has 0 unspecified atom stereocenters.